The van der Waals surface area contributed by atoms with Gasteiger partial charge in [-0.25, -0.2) is 0 Å². The van der Waals surface area contributed by atoms with Crippen LogP contribution in [0.2, 0.25) is 0 Å². The first kappa shape index (κ1) is 13.2. The number of rotatable bonds is 5. The van der Waals surface area contributed by atoms with E-state index >= 15 is 0 Å². The molecule has 90 valence electrons. The predicted octanol–water partition coefficient (Wildman–Crippen LogP) is 2.20. The number of methoxy groups -OCH3 is 2. The number of hydrogen-bond acceptors (Lipinski definition) is 4. The molecule has 0 radical (unpaired) electrons. The van der Waals surface area contributed by atoms with Gasteiger partial charge in [-0.05, 0) is 31.7 Å². The first-order valence-corrected chi connectivity index (χ1v) is 5.81. The van der Waals surface area contributed by atoms with Gasteiger partial charge in [-0.2, -0.15) is 12.6 Å². The molecular formula is C12H19NO2S. The van der Waals surface area contributed by atoms with Crippen LogP contribution in [0.3, 0.4) is 0 Å². The number of benzene rings is 1. The van der Waals surface area contributed by atoms with E-state index in [1.807, 2.05) is 26.1 Å². The average molecular weight is 241 g/mol. The number of aryl methyl sites for hydroxylation is 1. The molecule has 0 fully saturated rings. The molecule has 1 aromatic rings. The summed E-state index contributed by atoms with van der Waals surface area (Å²) in [6, 6.07) is 4.15. The van der Waals surface area contributed by atoms with Crippen LogP contribution in [-0.4, -0.2) is 27.0 Å². The molecule has 1 unspecified atom stereocenters. The zero-order valence-corrected chi connectivity index (χ0v) is 11.1. The van der Waals surface area contributed by atoms with Crippen molar-refractivity contribution in [2.24, 2.45) is 0 Å². The van der Waals surface area contributed by atoms with E-state index in [0.717, 1.165) is 22.6 Å². The molecule has 1 atom stereocenters. The summed E-state index contributed by atoms with van der Waals surface area (Å²) in [7, 11) is 5.26. The van der Waals surface area contributed by atoms with Crippen LogP contribution >= 0.6 is 12.6 Å². The first-order chi connectivity index (χ1) is 7.67. The van der Waals surface area contributed by atoms with Gasteiger partial charge in [0.25, 0.3) is 0 Å². The molecule has 0 aliphatic carbocycles. The third-order valence-corrected chi connectivity index (χ3v) is 3.02. The van der Waals surface area contributed by atoms with Crippen LogP contribution in [0.15, 0.2) is 12.1 Å². The molecule has 0 saturated heterocycles. The number of thiol groups is 1. The van der Waals surface area contributed by atoms with Gasteiger partial charge in [-0.3, -0.25) is 0 Å². The molecule has 0 spiro atoms. The van der Waals surface area contributed by atoms with E-state index in [-0.39, 0.29) is 6.04 Å². The van der Waals surface area contributed by atoms with Gasteiger partial charge in [0.05, 0.1) is 14.2 Å². The lowest BCUT2D eigenvalue weighted by Crippen LogP contribution is -2.18. The van der Waals surface area contributed by atoms with Crippen molar-refractivity contribution >= 4 is 12.6 Å². The lowest BCUT2D eigenvalue weighted by molar-refractivity contribution is 0.392. The van der Waals surface area contributed by atoms with Crippen LogP contribution in [0.25, 0.3) is 0 Å². The van der Waals surface area contributed by atoms with Gasteiger partial charge < -0.3 is 14.8 Å². The van der Waals surface area contributed by atoms with E-state index < -0.39 is 0 Å². The second-order valence-electron chi connectivity index (χ2n) is 3.59. The summed E-state index contributed by atoms with van der Waals surface area (Å²) in [4.78, 5) is 0. The summed E-state index contributed by atoms with van der Waals surface area (Å²) in [6.45, 7) is 2.00. The van der Waals surface area contributed by atoms with Gasteiger partial charge in [0, 0.05) is 17.4 Å². The highest BCUT2D eigenvalue weighted by atomic mass is 32.1. The summed E-state index contributed by atoms with van der Waals surface area (Å²) in [5, 5.41) is 3.20. The summed E-state index contributed by atoms with van der Waals surface area (Å²) in [5.41, 5.74) is 2.14. The molecular weight excluding hydrogens is 222 g/mol. The minimum absolute atomic E-state index is 0.160. The van der Waals surface area contributed by atoms with Crippen molar-refractivity contribution < 1.29 is 9.47 Å². The van der Waals surface area contributed by atoms with Crippen molar-refractivity contribution in [2.45, 2.75) is 13.0 Å². The van der Waals surface area contributed by atoms with Crippen molar-refractivity contribution in [3.05, 3.63) is 23.3 Å². The Kier molecular flexibility index (Phi) is 4.96. The van der Waals surface area contributed by atoms with Crippen molar-refractivity contribution in [3.63, 3.8) is 0 Å². The standard InChI is InChI=1S/C12H19NO2S/c1-8-5-12(15-4)9(6-11(8)14-3)10(7-16)13-2/h5-6,10,13,16H,7H2,1-4H3. The van der Waals surface area contributed by atoms with Gasteiger partial charge in [0.2, 0.25) is 0 Å². The predicted molar refractivity (Wildman–Crippen MR) is 69.9 cm³/mol. The Bertz CT molecular complexity index is 351. The highest BCUT2D eigenvalue weighted by Crippen LogP contribution is 2.32. The van der Waals surface area contributed by atoms with E-state index in [2.05, 4.69) is 17.9 Å². The third kappa shape index (κ3) is 2.62. The largest absolute Gasteiger partial charge is 0.496 e. The monoisotopic (exact) mass is 241 g/mol. The van der Waals surface area contributed by atoms with Crippen molar-refractivity contribution in [1.29, 1.82) is 0 Å². The Labute approximate surface area is 103 Å². The summed E-state index contributed by atoms with van der Waals surface area (Å²) < 4.78 is 10.7. The second-order valence-corrected chi connectivity index (χ2v) is 3.95. The fourth-order valence-electron chi connectivity index (χ4n) is 1.69. The van der Waals surface area contributed by atoms with Crippen LogP contribution in [0.1, 0.15) is 17.2 Å². The molecule has 16 heavy (non-hydrogen) atoms. The number of hydrogen-bond donors (Lipinski definition) is 2. The molecule has 0 saturated carbocycles. The zero-order chi connectivity index (χ0) is 12.1. The Morgan fingerprint density at radius 1 is 1.25 bits per heavy atom. The average Bonchev–Trinajstić information content (AvgIpc) is 2.31. The van der Waals surface area contributed by atoms with Crippen LogP contribution in [-0.2, 0) is 0 Å². The van der Waals surface area contributed by atoms with Gasteiger partial charge in [0.15, 0.2) is 0 Å². The molecule has 0 heterocycles. The van der Waals surface area contributed by atoms with Crippen LogP contribution in [0.4, 0.5) is 0 Å². The fraction of sp³-hybridized carbons (Fsp3) is 0.500. The van der Waals surface area contributed by atoms with E-state index in [9.17, 15) is 0 Å². The van der Waals surface area contributed by atoms with Gasteiger partial charge in [0.1, 0.15) is 11.5 Å². The summed E-state index contributed by atoms with van der Waals surface area (Å²) >= 11 is 4.32. The maximum atomic E-state index is 5.38. The highest BCUT2D eigenvalue weighted by molar-refractivity contribution is 7.80. The second kappa shape index (κ2) is 6.01. The Hall–Kier alpha value is -0.870. The molecule has 1 aromatic carbocycles. The number of nitrogens with one attached hydrogen (secondary N) is 1. The van der Waals surface area contributed by atoms with E-state index in [1.165, 1.54) is 0 Å². The molecule has 1 rings (SSSR count). The SMILES string of the molecule is CNC(CS)c1cc(OC)c(C)cc1OC. The Morgan fingerprint density at radius 2 is 1.88 bits per heavy atom. The lowest BCUT2D eigenvalue weighted by Gasteiger charge is -2.19. The molecule has 0 aliphatic heterocycles. The van der Waals surface area contributed by atoms with Crippen molar-refractivity contribution in [1.82, 2.24) is 5.32 Å². The van der Waals surface area contributed by atoms with Crippen LogP contribution in [0.5, 0.6) is 11.5 Å². The zero-order valence-electron chi connectivity index (χ0n) is 10.2. The molecule has 3 nitrogen and oxygen atoms in total. The number of ether oxygens (including phenoxy) is 2. The Morgan fingerprint density at radius 3 is 2.31 bits per heavy atom. The normalized spacial score (nSPS) is 12.3. The molecule has 0 aliphatic rings. The van der Waals surface area contributed by atoms with Gasteiger partial charge in [-0.1, -0.05) is 0 Å². The van der Waals surface area contributed by atoms with E-state index in [0.29, 0.717) is 5.75 Å². The van der Waals surface area contributed by atoms with Gasteiger partial charge in [-0.15, -0.1) is 0 Å². The molecule has 0 aromatic heterocycles. The minimum atomic E-state index is 0.160. The highest BCUT2D eigenvalue weighted by Gasteiger charge is 2.15. The van der Waals surface area contributed by atoms with E-state index in [4.69, 9.17) is 9.47 Å². The smallest absolute Gasteiger partial charge is 0.124 e. The van der Waals surface area contributed by atoms with E-state index in [1.54, 1.807) is 14.2 Å². The van der Waals surface area contributed by atoms with Crippen LogP contribution in [0, 0.1) is 6.92 Å². The van der Waals surface area contributed by atoms with Gasteiger partial charge >= 0.3 is 0 Å². The Balaban J connectivity index is 3.23. The summed E-state index contributed by atoms with van der Waals surface area (Å²) in [6.07, 6.45) is 0. The molecule has 4 heteroatoms. The van der Waals surface area contributed by atoms with Crippen LogP contribution < -0.4 is 14.8 Å². The third-order valence-electron chi connectivity index (χ3n) is 2.65. The lowest BCUT2D eigenvalue weighted by atomic mass is 10.0. The fourth-order valence-corrected chi connectivity index (χ4v) is 2.07. The molecule has 0 amide bonds. The molecule has 0 bridgehead atoms. The van der Waals surface area contributed by atoms with Crippen molar-refractivity contribution in [2.75, 3.05) is 27.0 Å². The molecule has 1 N–H and O–H groups in total. The first-order valence-electron chi connectivity index (χ1n) is 5.18. The quantitative estimate of drug-likeness (QED) is 0.775. The van der Waals surface area contributed by atoms with Crippen molar-refractivity contribution in [3.8, 4) is 11.5 Å². The maximum absolute atomic E-state index is 5.38. The summed E-state index contributed by atoms with van der Waals surface area (Å²) in [5.74, 6) is 2.45. The minimum Gasteiger partial charge on any atom is -0.496 e. The maximum Gasteiger partial charge on any atom is 0.124 e. The topological polar surface area (TPSA) is 30.5 Å².